The zero-order valence-electron chi connectivity index (χ0n) is 6.57. The van der Waals surface area contributed by atoms with E-state index in [9.17, 15) is 13.6 Å². The molecule has 0 saturated heterocycles. The van der Waals surface area contributed by atoms with Crippen LogP contribution in [0.1, 0.15) is 15.9 Å². The number of carbonyl (C=O) groups is 1. The predicted octanol–water partition coefficient (Wildman–Crippen LogP) is 2.73. The van der Waals surface area contributed by atoms with Crippen molar-refractivity contribution in [1.82, 2.24) is 0 Å². The van der Waals surface area contributed by atoms with Gasteiger partial charge in [0.25, 0.3) is 0 Å². The van der Waals surface area contributed by atoms with E-state index in [0.29, 0.717) is 0 Å². The van der Waals surface area contributed by atoms with Gasteiger partial charge in [-0.2, -0.15) is 0 Å². The summed E-state index contributed by atoms with van der Waals surface area (Å²) in [6.45, 7) is 1.37. The van der Waals surface area contributed by atoms with Crippen molar-refractivity contribution in [2.24, 2.45) is 0 Å². The van der Waals surface area contributed by atoms with Gasteiger partial charge in [-0.3, -0.25) is 0 Å². The largest absolute Gasteiger partial charge is 0.477 e. The van der Waals surface area contributed by atoms with E-state index in [4.69, 9.17) is 5.11 Å². The monoisotopic (exact) mass is 250 g/mol. The molecular formula is C8H5BrF2O2. The average Bonchev–Trinajstić information content (AvgIpc) is 2.01. The first-order valence-corrected chi connectivity index (χ1v) is 4.12. The van der Waals surface area contributed by atoms with Crippen LogP contribution in [0.2, 0.25) is 0 Å². The molecule has 0 atom stereocenters. The highest BCUT2D eigenvalue weighted by Gasteiger charge is 2.20. The SMILES string of the molecule is Cc1cc(Br)c(F)c(C(=O)O)c1F. The molecule has 1 aromatic carbocycles. The van der Waals surface area contributed by atoms with Gasteiger partial charge in [0.15, 0.2) is 5.82 Å². The van der Waals surface area contributed by atoms with Crippen LogP contribution >= 0.6 is 15.9 Å². The molecule has 1 aromatic rings. The van der Waals surface area contributed by atoms with Crippen LogP contribution in [0.5, 0.6) is 0 Å². The van der Waals surface area contributed by atoms with E-state index in [0.717, 1.165) is 0 Å². The van der Waals surface area contributed by atoms with E-state index in [1.165, 1.54) is 13.0 Å². The third kappa shape index (κ3) is 1.70. The van der Waals surface area contributed by atoms with Gasteiger partial charge in [-0.25, -0.2) is 13.6 Å². The van der Waals surface area contributed by atoms with Crippen LogP contribution in [-0.2, 0) is 0 Å². The number of carboxylic acids is 1. The van der Waals surface area contributed by atoms with Crippen molar-refractivity contribution in [3.05, 3.63) is 33.3 Å². The summed E-state index contributed by atoms with van der Waals surface area (Å²) < 4.78 is 26.0. The lowest BCUT2D eigenvalue weighted by molar-refractivity contribution is 0.0686. The van der Waals surface area contributed by atoms with Gasteiger partial charge in [0, 0.05) is 0 Å². The topological polar surface area (TPSA) is 37.3 Å². The minimum atomic E-state index is -1.61. The van der Waals surface area contributed by atoms with Crippen LogP contribution in [0.15, 0.2) is 10.5 Å². The lowest BCUT2D eigenvalue weighted by Crippen LogP contribution is -2.06. The standard InChI is InChI=1S/C8H5BrF2O2/c1-3-2-4(9)7(11)5(6(3)10)8(12)13/h2H,1H3,(H,12,13). The Morgan fingerprint density at radius 3 is 2.46 bits per heavy atom. The maximum absolute atomic E-state index is 13.1. The second-order valence-electron chi connectivity index (χ2n) is 2.48. The first-order valence-electron chi connectivity index (χ1n) is 3.32. The number of halogens is 3. The molecule has 0 aliphatic heterocycles. The summed E-state index contributed by atoms with van der Waals surface area (Å²) >= 11 is 2.79. The van der Waals surface area contributed by atoms with Crippen molar-refractivity contribution in [1.29, 1.82) is 0 Å². The highest BCUT2D eigenvalue weighted by atomic mass is 79.9. The predicted molar refractivity (Wildman–Crippen MR) is 45.8 cm³/mol. The van der Waals surface area contributed by atoms with Gasteiger partial charge >= 0.3 is 5.97 Å². The van der Waals surface area contributed by atoms with E-state index in [1.807, 2.05) is 0 Å². The van der Waals surface area contributed by atoms with Crippen molar-refractivity contribution in [2.75, 3.05) is 0 Å². The molecule has 0 aliphatic carbocycles. The van der Waals surface area contributed by atoms with E-state index in [2.05, 4.69) is 15.9 Å². The molecule has 0 saturated carbocycles. The van der Waals surface area contributed by atoms with Gasteiger partial charge in [0.05, 0.1) is 4.47 Å². The Hall–Kier alpha value is -0.970. The Balaban J connectivity index is 3.56. The van der Waals surface area contributed by atoms with Crippen LogP contribution < -0.4 is 0 Å². The Morgan fingerprint density at radius 1 is 1.46 bits per heavy atom. The van der Waals surface area contributed by atoms with E-state index < -0.39 is 23.2 Å². The number of hydrogen-bond donors (Lipinski definition) is 1. The zero-order valence-corrected chi connectivity index (χ0v) is 8.15. The normalized spacial score (nSPS) is 10.2. The smallest absolute Gasteiger partial charge is 0.341 e. The molecule has 0 aromatic heterocycles. The molecule has 2 nitrogen and oxygen atoms in total. The fraction of sp³-hybridized carbons (Fsp3) is 0.125. The van der Waals surface area contributed by atoms with Gasteiger partial charge in [0.2, 0.25) is 0 Å². The van der Waals surface area contributed by atoms with Crippen molar-refractivity contribution >= 4 is 21.9 Å². The number of carboxylic acid groups (broad SMARTS) is 1. The highest BCUT2D eigenvalue weighted by Crippen LogP contribution is 2.24. The number of hydrogen-bond acceptors (Lipinski definition) is 1. The zero-order chi connectivity index (χ0) is 10.2. The molecule has 0 unspecified atom stereocenters. The third-order valence-electron chi connectivity index (χ3n) is 1.55. The molecule has 70 valence electrons. The molecule has 5 heteroatoms. The second kappa shape index (κ2) is 3.41. The van der Waals surface area contributed by atoms with E-state index >= 15 is 0 Å². The number of aryl methyl sites for hydroxylation is 1. The van der Waals surface area contributed by atoms with Crippen molar-refractivity contribution in [3.8, 4) is 0 Å². The van der Waals surface area contributed by atoms with Gasteiger partial charge in [-0.1, -0.05) is 0 Å². The molecule has 0 heterocycles. The molecule has 1 N–H and O–H groups in total. The van der Waals surface area contributed by atoms with Crippen LogP contribution in [0.3, 0.4) is 0 Å². The minimum Gasteiger partial charge on any atom is -0.477 e. The molecule has 13 heavy (non-hydrogen) atoms. The van der Waals surface area contributed by atoms with E-state index in [-0.39, 0.29) is 10.0 Å². The van der Waals surface area contributed by atoms with Gasteiger partial charge in [0.1, 0.15) is 11.4 Å². The number of rotatable bonds is 1. The van der Waals surface area contributed by atoms with Crippen molar-refractivity contribution < 1.29 is 18.7 Å². The second-order valence-corrected chi connectivity index (χ2v) is 3.34. The van der Waals surface area contributed by atoms with Crippen LogP contribution in [0.4, 0.5) is 8.78 Å². The quantitative estimate of drug-likeness (QED) is 0.779. The highest BCUT2D eigenvalue weighted by molar-refractivity contribution is 9.10. The average molecular weight is 251 g/mol. The number of aromatic carboxylic acids is 1. The molecule has 1 rings (SSSR count). The van der Waals surface area contributed by atoms with Crippen LogP contribution in [-0.4, -0.2) is 11.1 Å². The molecule has 0 radical (unpaired) electrons. The van der Waals surface area contributed by atoms with Gasteiger partial charge in [-0.15, -0.1) is 0 Å². The summed E-state index contributed by atoms with van der Waals surface area (Å²) in [4.78, 5) is 10.4. The molecule has 0 aliphatic rings. The molecular weight excluding hydrogens is 246 g/mol. The lowest BCUT2D eigenvalue weighted by atomic mass is 10.1. The fourth-order valence-electron chi connectivity index (χ4n) is 0.918. The molecule has 0 spiro atoms. The molecule has 0 fully saturated rings. The molecule has 0 bridgehead atoms. The third-order valence-corrected chi connectivity index (χ3v) is 2.13. The maximum atomic E-state index is 13.1. The minimum absolute atomic E-state index is 0.0520. The fourth-order valence-corrected chi connectivity index (χ4v) is 1.46. The van der Waals surface area contributed by atoms with Gasteiger partial charge in [-0.05, 0) is 34.5 Å². The Labute approximate surface area is 81.3 Å². The van der Waals surface area contributed by atoms with Crippen LogP contribution in [0, 0.1) is 18.6 Å². The number of benzene rings is 1. The van der Waals surface area contributed by atoms with Crippen molar-refractivity contribution in [3.63, 3.8) is 0 Å². The Kier molecular flexibility index (Phi) is 2.66. The summed E-state index contributed by atoms with van der Waals surface area (Å²) in [6, 6.07) is 1.19. The summed E-state index contributed by atoms with van der Waals surface area (Å²) in [6.07, 6.45) is 0. The van der Waals surface area contributed by atoms with Crippen molar-refractivity contribution in [2.45, 2.75) is 6.92 Å². The summed E-state index contributed by atoms with van der Waals surface area (Å²) in [5.41, 5.74) is -0.836. The molecule has 0 amide bonds. The summed E-state index contributed by atoms with van der Waals surface area (Å²) in [7, 11) is 0. The summed E-state index contributed by atoms with van der Waals surface area (Å²) in [5, 5.41) is 8.49. The first kappa shape index (κ1) is 10.1. The van der Waals surface area contributed by atoms with Crippen LogP contribution in [0.25, 0.3) is 0 Å². The van der Waals surface area contributed by atoms with Gasteiger partial charge < -0.3 is 5.11 Å². The van der Waals surface area contributed by atoms with E-state index in [1.54, 1.807) is 0 Å². The first-order chi connectivity index (χ1) is 5.95. The maximum Gasteiger partial charge on any atom is 0.341 e. The Bertz CT molecular complexity index is 351. The summed E-state index contributed by atoms with van der Waals surface area (Å²) in [5.74, 6) is -3.73. The lowest BCUT2D eigenvalue weighted by Gasteiger charge is -2.04. The Morgan fingerprint density at radius 2 is 2.00 bits per heavy atom.